The molecule has 4 aromatic carbocycles. The standard InChI is InChI=1S/C25H20N4O/c26-22-11-1-2-12-23(22)28-18-7-5-9-20(15-18)30-21-10-6-8-19(16-21)29-17-27-24-13-3-4-14-25(24)29/h1-17,28H,26H2. The minimum Gasteiger partial charge on any atom is -0.457 e. The Balaban J connectivity index is 1.40. The van der Waals surface area contributed by atoms with Gasteiger partial charge in [-0.1, -0.05) is 36.4 Å². The summed E-state index contributed by atoms with van der Waals surface area (Å²) in [6.07, 6.45) is 1.83. The summed E-state index contributed by atoms with van der Waals surface area (Å²) >= 11 is 0. The lowest BCUT2D eigenvalue weighted by Gasteiger charge is -2.12. The maximum atomic E-state index is 6.13. The topological polar surface area (TPSA) is 65.1 Å². The Morgan fingerprint density at radius 3 is 2.43 bits per heavy atom. The third kappa shape index (κ3) is 3.56. The molecule has 0 fully saturated rings. The molecule has 1 aromatic heterocycles. The van der Waals surface area contributed by atoms with Crippen molar-refractivity contribution in [3.63, 3.8) is 0 Å². The van der Waals surface area contributed by atoms with Gasteiger partial charge >= 0.3 is 0 Å². The molecule has 5 rings (SSSR count). The number of nitrogen functional groups attached to an aromatic ring is 1. The van der Waals surface area contributed by atoms with Gasteiger partial charge in [0, 0.05) is 17.8 Å². The van der Waals surface area contributed by atoms with Crippen molar-refractivity contribution >= 4 is 28.1 Å². The van der Waals surface area contributed by atoms with E-state index in [-0.39, 0.29) is 0 Å². The maximum absolute atomic E-state index is 6.13. The Morgan fingerprint density at radius 1 is 0.767 bits per heavy atom. The lowest BCUT2D eigenvalue weighted by atomic mass is 10.2. The van der Waals surface area contributed by atoms with E-state index in [0.717, 1.165) is 39.6 Å². The first kappa shape index (κ1) is 17.8. The lowest BCUT2D eigenvalue weighted by Crippen LogP contribution is -1.96. The van der Waals surface area contributed by atoms with Crippen LogP contribution in [0.4, 0.5) is 17.1 Å². The second kappa shape index (κ2) is 7.64. The molecule has 0 atom stereocenters. The quantitative estimate of drug-likeness (QED) is 0.352. The number of nitrogens with one attached hydrogen (secondary N) is 1. The van der Waals surface area contributed by atoms with Gasteiger partial charge in [-0.3, -0.25) is 4.57 Å². The molecule has 30 heavy (non-hydrogen) atoms. The van der Waals surface area contributed by atoms with Gasteiger partial charge < -0.3 is 15.8 Å². The second-order valence-corrected chi connectivity index (χ2v) is 6.94. The van der Waals surface area contributed by atoms with Gasteiger partial charge in [0.15, 0.2) is 0 Å². The summed E-state index contributed by atoms with van der Waals surface area (Å²) in [4.78, 5) is 4.47. The summed E-state index contributed by atoms with van der Waals surface area (Å²) in [5.41, 5.74) is 11.5. The number of nitrogens with zero attached hydrogens (tertiary/aromatic N) is 2. The van der Waals surface area contributed by atoms with Crippen molar-refractivity contribution < 1.29 is 4.74 Å². The zero-order valence-corrected chi connectivity index (χ0v) is 16.2. The number of benzene rings is 4. The number of nitrogens with two attached hydrogens (primary N) is 1. The van der Waals surface area contributed by atoms with E-state index in [1.165, 1.54) is 0 Å². The van der Waals surface area contributed by atoms with E-state index in [4.69, 9.17) is 10.5 Å². The van der Waals surface area contributed by atoms with Crippen LogP contribution in [0.5, 0.6) is 11.5 Å². The van der Waals surface area contributed by atoms with Crippen molar-refractivity contribution in [2.75, 3.05) is 11.1 Å². The zero-order chi connectivity index (χ0) is 20.3. The van der Waals surface area contributed by atoms with Crippen molar-refractivity contribution in [2.45, 2.75) is 0 Å². The Hall–Kier alpha value is -4.25. The molecule has 146 valence electrons. The molecular formula is C25H20N4O. The molecule has 1 heterocycles. The van der Waals surface area contributed by atoms with Crippen LogP contribution in [0.2, 0.25) is 0 Å². The van der Waals surface area contributed by atoms with Crippen LogP contribution >= 0.6 is 0 Å². The Labute approximate surface area is 174 Å². The van der Waals surface area contributed by atoms with Gasteiger partial charge in [-0.15, -0.1) is 0 Å². The second-order valence-electron chi connectivity index (χ2n) is 6.94. The Bertz CT molecular complexity index is 1330. The predicted octanol–water partition coefficient (Wildman–Crippen LogP) is 6.14. The van der Waals surface area contributed by atoms with E-state index in [9.17, 15) is 0 Å². The highest BCUT2D eigenvalue weighted by Gasteiger charge is 2.06. The van der Waals surface area contributed by atoms with Crippen LogP contribution < -0.4 is 15.8 Å². The molecule has 0 unspecified atom stereocenters. The monoisotopic (exact) mass is 392 g/mol. The number of fused-ring (bicyclic) bond motifs is 1. The largest absolute Gasteiger partial charge is 0.457 e. The van der Waals surface area contributed by atoms with Crippen LogP contribution in [0.25, 0.3) is 16.7 Å². The number of para-hydroxylation sites is 4. The normalized spacial score (nSPS) is 10.8. The van der Waals surface area contributed by atoms with Crippen LogP contribution in [-0.4, -0.2) is 9.55 Å². The lowest BCUT2D eigenvalue weighted by molar-refractivity contribution is 0.483. The summed E-state index contributed by atoms with van der Waals surface area (Å²) in [7, 11) is 0. The summed E-state index contributed by atoms with van der Waals surface area (Å²) in [5, 5.41) is 3.33. The van der Waals surface area contributed by atoms with E-state index >= 15 is 0 Å². The molecule has 0 aliphatic heterocycles. The van der Waals surface area contributed by atoms with E-state index in [1.807, 2.05) is 97.3 Å². The SMILES string of the molecule is Nc1ccccc1Nc1cccc(Oc2cccc(-n3cnc4ccccc43)c2)c1. The molecule has 0 saturated heterocycles. The van der Waals surface area contributed by atoms with E-state index < -0.39 is 0 Å². The number of hydrogen-bond acceptors (Lipinski definition) is 4. The van der Waals surface area contributed by atoms with E-state index in [2.05, 4.69) is 20.9 Å². The average molecular weight is 392 g/mol. The number of ether oxygens (including phenoxy) is 1. The fraction of sp³-hybridized carbons (Fsp3) is 0. The predicted molar refractivity (Wildman–Crippen MR) is 122 cm³/mol. The van der Waals surface area contributed by atoms with Crippen LogP contribution in [-0.2, 0) is 0 Å². The summed E-state index contributed by atoms with van der Waals surface area (Å²) < 4.78 is 8.19. The van der Waals surface area contributed by atoms with Gasteiger partial charge in [0.1, 0.15) is 17.8 Å². The molecule has 5 nitrogen and oxygen atoms in total. The first-order chi connectivity index (χ1) is 14.8. The highest BCUT2D eigenvalue weighted by molar-refractivity contribution is 5.77. The van der Waals surface area contributed by atoms with Crippen LogP contribution in [0, 0.1) is 0 Å². The zero-order valence-electron chi connectivity index (χ0n) is 16.2. The molecule has 0 aliphatic rings. The maximum Gasteiger partial charge on any atom is 0.129 e. The van der Waals surface area contributed by atoms with Crippen LogP contribution in [0.3, 0.4) is 0 Å². The minimum absolute atomic E-state index is 0.698. The Kier molecular flexibility index (Phi) is 4.54. The third-order valence-corrected chi connectivity index (χ3v) is 4.86. The highest BCUT2D eigenvalue weighted by Crippen LogP contribution is 2.29. The fourth-order valence-corrected chi connectivity index (χ4v) is 3.40. The smallest absolute Gasteiger partial charge is 0.129 e. The van der Waals surface area contributed by atoms with Crippen LogP contribution in [0.15, 0.2) is 103 Å². The van der Waals surface area contributed by atoms with Gasteiger partial charge in [0.2, 0.25) is 0 Å². The number of anilines is 3. The van der Waals surface area contributed by atoms with Crippen molar-refractivity contribution in [1.82, 2.24) is 9.55 Å². The molecule has 0 radical (unpaired) electrons. The van der Waals surface area contributed by atoms with Gasteiger partial charge in [-0.2, -0.15) is 0 Å². The minimum atomic E-state index is 0.698. The number of rotatable bonds is 5. The molecule has 3 N–H and O–H groups in total. The molecule has 0 amide bonds. The average Bonchev–Trinajstić information content (AvgIpc) is 3.20. The molecule has 0 bridgehead atoms. The van der Waals surface area contributed by atoms with Crippen LogP contribution in [0.1, 0.15) is 0 Å². The first-order valence-electron chi connectivity index (χ1n) is 9.68. The van der Waals surface area contributed by atoms with Crippen molar-refractivity contribution in [3.05, 3.63) is 103 Å². The first-order valence-corrected chi connectivity index (χ1v) is 9.68. The fourth-order valence-electron chi connectivity index (χ4n) is 3.40. The molecule has 0 saturated carbocycles. The van der Waals surface area contributed by atoms with Gasteiger partial charge in [-0.25, -0.2) is 4.98 Å². The van der Waals surface area contributed by atoms with Crippen molar-refractivity contribution in [2.24, 2.45) is 0 Å². The highest BCUT2D eigenvalue weighted by atomic mass is 16.5. The van der Waals surface area contributed by atoms with Gasteiger partial charge in [0.25, 0.3) is 0 Å². The number of imidazole rings is 1. The van der Waals surface area contributed by atoms with Crippen molar-refractivity contribution in [1.29, 1.82) is 0 Å². The van der Waals surface area contributed by atoms with Gasteiger partial charge in [0.05, 0.1) is 28.1 Å². The molecule has 0 spiro atoms. The molecular weight excluding hydrogens is 372 g/mol. The van der Waals surface area contributed by atoms with E-state index in [1.54, 1.807) is 0 Å². The van der Waals surface area contributed by atoms with Gasteiger partial charge in [-0.05, 0) is 48.5 Å². The molecule has 5 aromatic rings. The summed E-state index contributed by atoms with van der Waals surface area (Å²) in [6, 6.07) is 31.5. The molecule has 0 aliphatic carbocycles. The van der Waals surface area contributed by atoms with E-state index in [0.29, 0.717) is 5.69 Å². The molecule has 5 heteroatoms. The van der Waals surface area contributed by atoms with Crippen molar-refractivity contribution in [3.8, 4) is 17.2 Å². The summed E-state index contributed by atoms with van der Waals surface area (Å²) in [5.74, 6) is 1.49. The summed E-state index contributed by atoms with van der Waals surface area (Å²) in [6.45, 7) is 0. The number of hydrogen-bond donors (Lipinski definition) is 2. The Morgan fingerprint density at radius 2 is 1.53 bits per heavy atom. The third-order valence-electron chi connectivity index (χ3n) is 4.86. The number of aromatic nitrogens is 2.